The highest BCUT2D eigenvalue weighted by molar-refractivity contribution is 5.96. The lowest BCUT2D eigenvalue weighted by atomic mass is 10.1. The van der Waals surface area contributed by atoms with Crippen LogP contribution in [0.25, 0.3) is 16.9 Å². The van der Waals surface area contributed by atoms with Crippen LogP contribution in [0.15, 0.2) is 23.0 Å². The fourth-order valence-corrected chi connectivity index (χ4v) is 3.82. The van der Waals surface area contributed by atoms with Crippen molar-refractivity contribution in [2.45, 2.75) is 33.6 Å². The van der Waals surface area contributed by atoms with Gasteiger partial charge in [-0.3, -0.25) is 9.59 Å². The van der Waals surface area contributed by atoms with Crippen LogP contribution in [0.1, 0.15) is 42.1 Å². The van der Waals surface area contributed by atoms with Crippen LogP contribution in [-0.4, -0.2) is 63.3 Å². The largest absolute Gasteiger partial charge is 0.493 e. The second kappa shape index (κ2) is 8.89. The number of rotatable bonds is 6. The molecule has 1 N–H and O–H groups in total. The first-order chi connectivity index (χ1) is 15.0. The number of H-pyrrole nitrogens is 1. The molecular weight excluding hydrogens is 398 g/mol. The Morgan fingerprint density at radius 2 is 2.03 bits per heavy atom. The normalized spacial score (nSPS) is 14.2. The lowest BCUT2D eigenvalue weighted by Gasteiger charge is -2.27. The third-order valence-corrected chi connectivity index (χ3v) is 5.30. The summed E-state index contributed by atoms with van der Waals surface area (Å²) in [6.07, 6.45) is 1.59. The molecule has 4 rings (SSSR count). The number of amides is 1. The maximum absolute atomic E-state index is 13.0. The summed E-state index contributed by atoms with van der Waals surface area (Å²) in [6, 6.07) is 5.23. The Morgan fingerprint density at radius 1 is 1.26 bits per heavy atom. The number of hydrogen-bond donors (Lipinski definition) is 1. The number of hydrogen-bond acceptors (Lipinski definition) is 6. The predicted octanol–water partition coefficient (Wildman–Crippen LogP) is 2.22. The molecule has 1 aromatic carbocycles. The molecule has 164 valence electrons. The van der Waals surface area contributed by atoms with E-state index < -0.39 is 0 Å². The maximum atomic E-state index is 13.0. The quantitative estimate of drug-likeness (QED) is 0.650. The Bertz CT molecular complexity index is 1160. The molecule has 3 heterocycles. The van der Waals surface area contributed by atoms with E-state index in [-0.39, 0.29) is 11.5 Å². The van der Waals surface area contributed by atoms with E-state index in [1.54, 1.807) is 34.5 Å². The third kappa shape index (κ3) is 4.05. The minimum Gasteiger partial charge on any atom is -0.493 e. The van der Waals surface area contributed by atoms with Crippen LogP contribution >= 0.6 is 0 Å². The van der Waals surface area contributed by atoms with Gasteiger partial charge in [0.15, 0.2) is 11.3 Å². The summed E-state index contributed by atoms with van der Waals surface area (Å²) < 4.78 is 12.7. The molecule has 0 saturated carbocycles. The van der Waals surface area contributed by atoms with Crippen molar-refractivity contribution in [2.24, 2.45) is 0 Å². The first-order valence-electron chi connectivity index (χ1n) is 10.7. The van der Waals surface area contributed by atoms with E-state index in [0.29, 0.717) is 73.2 Å². The lowest BCUT2D eigenvalue weighted by Crippen LogP contribution is -2.40. The van der Waals surface area contributed by atoms with E-state index >= 15 is 0 Å². The van der Waals surface area contributed by atoms with Crippen LogP contribution in [0.4, 0.5) is 0 Å². The zero-order valence-electron chi connectivity index (χ0n) is 18.1. The third-order valence-electron chi connectivity index (χ3n) is 5.30. The summed E-state index contributed by atoms with van der Waals surface area (Å²) in [6.45, 7) is 8.35. The van der Waals surface area contributed by atoms with Gasteiger partial charge in [0.1, 0.15) is 11.6 Å². The molecule has 0 atom stereocenters. The van der Waals surface area contributed by atoms with E-state index in [9.17, 15) is 9.59 Å². The summed E-state index contributed by atoms with van der Waals surface area (Å²) in [5, 5.41) is 4.68. The highest BCUT2D eigenvalue weighted by atomic mass is 16.5. The van der Waals surface area contributed by atoms with Gasteiger partial charge >= 0.3 is 0 Å². The summed E-state index contributed by atoms with van der Waals surface area (Å²) in [5.74, 6) is 1.55. The molecule has 31 heavy (non-hydrogen) atoms. The first kappa shape index (κ1) is 21.0. The molecule has 1 saturated heterocycles. The fourth-order valence-electron chi connectivity index (χ4n) is 3.82. The van der Waals surface area contributed by atoms with Gasteiger partial charge < -0.3 is 19.4 Å². The Balaban J connectivity index is 1.83. The average Bonchev–Trinajstić information content (AvgIpc) is 3.10. The fraction of sp³-hybridized carbons (Fsp3) is 0.455. The standard InChI is InChI=1S/C22H27N5O4/c1-4-6-18-23-14(3)19-21(28)24-20(25-27(18)19)16-13-15(7-8-17(16)31-5-2)22(29)26-9-11-30-12-10-26/h7-8,13H,4-6,9-12H2,1-3H3,(H,24,25,28). The van der Waals surface area contributed by atoms with Crippen LogP contribution in [0.5, 0.6) is 5.75 Å². The number of fused-ring (bicyclic) bond motifs is 1. The van der Waals surface area contributed by atoms with Crippen molar-refractivity contribution in [3.05, 3.63) is 45.6 Å². The summed E-state index contributed by atoms with van der Waals surface area (Å²) in [4.78, 5) is 35.0. The monoisotopic (exact) mass is 425 g/mol. The molecular formula is C22H27N5O4. The van der Waals surface area contributed by atoms with Crippen LogP contribution in [0, 0.1) is 6.92 Å². The molecule has 0 aliphatic carbocycles. The molecule has 9 nitrogen and oxygen atoms in total. The summed E-state index contributed by atoms with van der Waals surface area (Å²) in [7, 11) is 0. The summed E-state index contributed by atoms with van der Waals surface area (Å²) >= 11 is 0. The molecule has 3 aromatic rings. The zero-order chi connectivity index (χ0) is 22.0. The van der Waals surface area contributed by atoms with E-state index in [1.807, 2.05) is 6.92 Å². The van der Waals surface area contributed by atoms with Crippen LogP contribution in [0.2, 0.25) is 0 Å². The molecule has 2 aromatic heterocycles. The number of aryl methyl sites for hydroxylation is 2. The van der Waals surface area contributed by atoms with E-state index in [1.165, 1.54) is 0 Å². The average molecular weight is 425 g/mol. The van der Waals surface area contributed by atoms with Crippen LogP contribution in [0.3, 0.4) is 0 Å². The van der Waals surface area contributed by atoms with Crippen molar-refractivity contribution in [3.8, 4) is 17.1 Å². The minimum absolute atomic E-state index is 0.0822. The molecule has 0 bridgehead atoms. The van der Waals surface area contributed by atoms with Gasteiger partial charge in [-0.25, -0.2) is 9.50 Å². The molecule has 0 unspecified atom stereocenters. The van der Waals surface area contributed by atoms with Crippen LogP contribution in [-0.2, 0) is 11.2 Å². The van der Waals surface area contributed by atoms with Gasteiger partial charge in [0.2, 0.25) is 0 Å². The highest BCUT2D eigenvalue weighted by Crippen LogP contribution is 2.29. The number of aromatic nitrogens is 4. The Kier molecular flexibility index (Phi) is 6.03. The van der Waals surface area contributed by atoms with Gasteiger partial charge in [0.05, 0.1) is 31.1 Å². The Morgan fingerprint density at radius 3 is 2.74 bits per heavy atom. The van der Waals surface area contributed by atoms with Gasteiger partial charge in [0.25, 0.3) is 11.5 Å². The molecule has 9 heteroatoms. The molecule has 0 radical (unpaired) electrons. The van der Waals surface area contributed by atoms with E-state index in [2.05, 4.69) is 22.0 Å². The van der Waals surface area contributed by atoms with Gasteiger partial charge in [-0.05, 0) is 38.5 Å². The highest BCUT2D eigenvalue weighted by Gasteiger charge is 2.22. The predicted molar refractivity (Wildman–Crippen MR) is 116 cm³/mol. The number of carbonyl (C=O) groups excluding carboxylic acids is 1. The molecule has 1 fully saturated rings. The molecule has 1 amide bonds. The molecule has 1 aliphatic rings. The Labute approximate surface area is 180 Å². The van der Waals surface area contributed by atoms with Crippen LogP contribution < -0.4 is 10.3 Å². The number of carbonyl (C=O) groups is 1. The van der Waals surface area contributed by atoms with Crippen molar-refractivity contribution in [1.29, 1.82) is 0 Å². The van der Waals surface area contributed by atoms with Crippen molar-refractivity contribution in [1.82, 2.24) is 24.5 Å². The number of aromatic amines is 1. The van der Waals surface area contributed by atoms with Gasteiger partial charge in [0, 0.05) is 25.1 Å². The van der Waals surface area contributed by atoms with E-state index in [4.69, 9.17) is 9.47 Å². The number of imidazole rings is 1. The second-order valence-corrected chi connectivity index (χ2v) is 7.48. The molecule has 0 spiro atoms. The van der Waals surface area contributed by atoms with Crippen molar-refractivity contribution < 1.29 is 14.3 Å². The van der Waals surface area contributed by atoms with Gasteiger partial charge in [-0.15, -0.1) is 5.10 Å². The molecule has 1 aliphatic heterocycles. The number of nitrogens with zero attached hydrogens (tertiary/aromatic N) is 4. The van der Waals surface area contributed by atoms with Gasteiger partial charge in [-0.1, -0.05) is 6.92 Å². The van der Waals surface area contributed by atoms with E-state index in [0.717, 1.165) is 12.2 Å². The second-order valence-electron chi connectivity index (χ2n) is 7.48. The van der Waals surface area contributed by atoms with Crippen molar-refractivity contribution in [2.75, 3.05) is 32.9 Å². The lowest BCUT2D eigenvalue weighted by molar-refractivity contribution is 0.0303. The number of benzene rings is 1. The van der Waals surface area contributed by atoms with Gasteiger partial charge in [-0.2, -0.15) is 0 Å². The first-order valence-corrected chi connectivity index (χ1v) is 10.7. The topological polar surface area (TPSA) is 102 Å². The number of morpholine rings is 1. The minimum atomic E-state index is -0.273. The summed E-state index contributed by atoms with van der Waals surface area (Å²) in [5.41, 5.74) is 1.88. The van der Waals surface area contributed by atoms with Crippen molar-refractivity contribution >= 4 is 11.4 Å². The zero-order valence-corrected chi connectivity index (χ0v) is 18.1. The maximum Gasteiger partial charge on any atom is 0.277 e. The number of ether oxygens (including phenoxy) is 2. The SMILES string of the molecule is CCCc1nc(C)c2c(=O)[nH]c(-c3cc(C(=O)N4CCOCC4)ccc3OCC)nn12. The Hall–Kier alpha value is -3.20. The van der Waals surface area contributed by atoms with Crippen molar-refractivity contribution in [3.63, 3.8) is 0 Å². The smallest absolute Gasteiger partial charge is 0.277 e. The number of nitrogens with one attached hydrogen (secondary N) is 1.